The smallest absolute Gasteiger partial charge is 0.0936 e. The quantitative estimate of drug-likeness (QED) is 0.466. The van der Waals surface area contributed by atoms with Crippen LogP contribution in [0.1, 0.15) is 6.92 Å². The highest BCUT2D eigenvalue weighted by Gasteiger charge is 2.05. The lowest BCUT2D eigenvalue weighted by atomic mass is 10.1. The van der Waals surface area contributed by atoms with Gasteiger partial charge in [-0.3, -0.25) is 0 Å². The molecule has 10 heavy (non-hydrogen) atoms. The van der Waals surface area contributed by atoms with E-state index in [2.05, 4.69) is 5.32 Å². The Morgan fingerprint density at radius 3 is 2.90 bits per heavy atom. The maximum Gasteiger partial charge on any atom is 0.0936 e. The predicted octanol–water partition coefficient (Wildman–Crippen LogP) is -0.337. The number of rotatable bonds is 1. The number of dihydropyridines is 1. The second-order valence-corrected chi connectivity index (χ2v) is 2.38. The topological polar surface area (TPSA) is 64.1 Å². The largest absolute Gasteiger partial charge is 0.370 e. The molecule has 0 saturated carbocycles. The highest BCUT2D eigenvalue weighted by Crippen LogP contribution is 2.06. The molecule has 0 aliphatic carbocycles. The van der Waals surface area contributed by atoms with Gasteiger partial charge < -0.3 is 16.8 Å². The van der Waals surface area contributed by atoms with E-state index in [9.17, 15) is 0 Å². The van der Waals surface area contributed by atoms with Crippen molar-refractivity contribution in [2.75, 3.05) is 6.54 Å². The van der Waals surface area contributed by atoms with Crippen LogP contribution in [0.15, 0.2) is 23.4 Å². The fourth-order valence-corrected chi connectivity index (χ4v) is 0.957. The summed E-state index contributed by atoms with van der Waals surface area (Å²) in [6.45, 7) is 2.55. The summed E-state index contributed by atoms with van der Waals surface area (Å²) in [5, 5.41) is 3.07. The first-order valence-electron chi connectivity index (χ1n) is 3.34. The van der Waals surface area contributed by atoms with Gasteiger partial charge in [-0.1, -0.05) is 6.08 Å². The molecule has 5 N–H and O–H groups in total. The molecule has 3 nitrogen and oxygen atoms in total. The first-order chi connectivity index (χ1) is 4.74. The van der Waals surface area contributed by atoms with Crippen LogP contribution in [0.5, 0.6) is 0 Å². The summed E-state index contributed by atoms with van der Waals surface area (Å²) in [6, 6.07) is 0. The standard InChI is InChI=1S/C7H13N3/c1-5-6(4-8)2-3-7(9)10-5/h2-3,7,10H,4,8-9H2,1H3. The molecular formula is C7H13N3. The maximum atomic E-state index is 5.57. The number of hydrogen-bond acceptors (Lipinski definition) is 3. The van der Waals surface area contributed by atoms with Crippen molar-refractivity contribution in [3.05, 3.63) is 23.4 Å². The normalized spacial score (nSPS) is 24.9. The minimum absolute atomic E-state index is 0.0460. The SMILES string of the molecule is CC1=C(CN)C=CC(N)N1. The maximum absolute atomic E-state index is 5.57. The number of hydrogen-bond donors (Lipinski definition) is 3. The van der Waals surface area contributed by atoms with Crippen LogP contribution < -0.4 is 16.8 Å². The van der Waals surface area contributed by atoms with E-state index in [1.807, 2.05) is 19.1 Å². The van der Waals surface area contributed by atoms with Crippen molar-refractivity contribution >= 4 is 0 Å². The van der Waals surface area contributed by atoms with Crippen molar-refractivity contribution < 1.29 is 0 Å². The van der Waals surface area contributed by atoms with Gasteiger partial charge >= 0.3 is 0 Å². The number of nitrogens with one attached hydrogen (secondary N) is 1. The Morgan fingerprint density at radius 1 is 1.70 bits per heavy atom. The zero-order valence-corrected chi connectivity index (χ0v) is 6.09. The Hall–Kier alpha value is -0.800. The average Bonchev–Trinajstić information content (AvgIpc) is 1.88. The van der Waals surface area contributed by atoms with Gasteiger partial charge in [-0.25, -0.2) is 0 Å². The summed E-state index contributed by atoms with van der Waals surface area (Å²) in [5.74, 6) is 0. The van der Waals surface area contributed by atoms with E-state index in [-0.39, 0.29) is 6.17 Å². The molecule has 1 atom stereocenters. The molecule has 0 aromatic heterocycles. The summed E-state index contributed by atoms with van der Waals surface area (Å²) < 4.78 is 0. The van der Waals surface area contributed by atoms with E-state index in [1.165, 1.54) is 0 Å². The van der Waals surface area contributed by atoms with Crippen molar-refractivity contribution in [1.29, 1.82) is 0 Å². The molecule has 1 rings (SSSR count). The second-order valence-electron chi connectivity index (χ2n) is 2.38. The zero-order chi connectivity index (χ0) is 7.56. The van der Waals surface area contributed by atoms with Crippen LogP contribution >= 0.6 is 0 Å². The van der Waals surface area contributed by atoms with Crippen molar-refractivity contribution in [2.24, 2.45) is 11.5 Å². The first kappa shape index (κ1) is 7.31. The van der Waals surface area contributed by atoms with E-state index >= 15 is 0 Å². The zero-order valence-electron chi connectivity index (χ0n) is 6.09. The molecule has 0 saturated heterocycles. The summed E-state index contributed by atoms with van der Waals surface area (Å²) in [7, 11) is 0. The average molecular weight is 139 g/mol. The molecule has 1 aliphatic rings. The van der Waals surface area contributed by atoms with Gasteiger partial charge in [0.1, 0.15) is 0 Å². The molecule has 0 bridgehead atoms. The van der Waals surface area contributed by atoms with E-state index in [0.717, 1.165) is 11.3 Å². The fraction of sp³-hybridized carbons (Fsp3) is 0.429. The number of allylic oxidation sites excluding steroid dienone is 1. The van der Waals surface area contributed by atoms with E-state index < -0.39 is 0 Å². The molecule has 0 aromatic rings. The molecule has 1 unspecified atom stereocenters. The van der Waals surface area contributed by atoms with Crippen LogP contribution in [0.4, 0.5) is 0 Å². The lowest BCUT2D eigenvalue weighted by Crippen LogP contribution is -2.37. The van der Waals surface area contributed by atoms with Crippen LogP contribution in [-0.2, 0) is 0 Å². The van der Waals surface area contributed by atoms with E-state index in [4.69, 9.17) is 11.5 Å². The third-order valence-electron chi connectivity index (χ3n) is 1.59. The Kier molecular flexibility index (Phi) is 2.09. The summed E-state index contributed by atoms with van der Waals surface area (Å²) in [6.07, 6.45) is 3.82. The van der Waals surface area contributed by atoms with Crippen molar-refractivity contribution in [3.8, 4) is 0 Å². The Labute approximate surface area is 60.8 Å². The molecule has 0 amide bonds. The highest BCUT2D eigenvalue weighted by molar-refractivity contribution is 5.29. The lowest BCUT2D eigenvalue weighted by Gasteiger charge is -2.18. The van der Waals surface area contributed by atoms with E-state index in [1.54, 1.807) is 0 Å². The van der Waals surface area contributed by atoms with Gasteiger partial charge in [-0.05, 0) is 18.6 Å². The molecule has 0 spiro atoms. The first-order valence-corrected chi connectivity index (χ1v) is 3.34. The van der Waals surface area contributed by atoms with Crippen LogP contribution in [0.2, 0.25) is 0 Å². The molecule has 0 radical (unpaired) electrons. The van der Waals surface area contributed by atoms with Crippen LogP contribution in [0, 0.1) is 0 Å². The third-order valence-corrected chi connectivity index (χ3v) is 1.59. The fourth-order valence-electron chi connectivity index (χ4n) is 0.957. The minimum atomic E-state index is -0.0460. The van der Waals surface area contributed by atoms with Gasteiger partial charge in [0.2, 0.25) is 0 Å². The van der Waals surface area contributed by atoms with Gasteiger partial charge in [0.15, 0.2) is 0 Å². The van der Waals surface area contributed by atoms with E-state index in [0.29, 0.717) is 6.54 Å². The number of nitrogens with two attached hydrogens (primary N) is 2. The molecule has 0 fully saturated rings. The predicted molar refractivity (Wildman–Crippen MR) is 42.0 cm³/mol. The molecular weight excluding hydrogens is 126 g/mol. The summed E-state index contributed by atoms with van der Waals surface area (Å²) in [5.41, 5.74) is 13.2. The molecule has 1 heterocycles. The third kappa shape index (κ3) is 1.37. The van der Waals surface area contributed by atoms with Crippen LogP contribution in [0.3, 0.4) is 0 Å². The van der Waals surface area contributed by atoms with Crippen LogP contribution in [0.25, 0.3) is 0 Å². The highest BCUT2D eigenvalue weighted by atomic mass is 15.0. The molecule has 1 aliphatic heterocycles. The summed E-state index contributed by atoms with van der Waals surface area (Å²) >= 11 is 0. The van der Waals surface area contributed by atoms with Crippen molar-refractivity contribution in [3.63, 3.8) is 0 Å². The summed E-state index contributed by atoms with van der Waals surface area (Å²) in [4.78, 5) is 0. The molecule has 0 aromatic carbocycles. The Balaban J connectivity index is 2.73. The van der Waals surface area contributed by atoms with Gasteiger partial charge in [-0.15, -0.1) is 0 Å². The van der Waals surface area contributed by atoms with Gasteiger partial charge in [0.25, 0.3) is 0 Å². The van der Waals surface area contributed by atoms with Crippen LogP contribution in [-0.4, -0.2) is 12.7 Å². The Morgan fingerprint density at radius 2 is 2.40 bits per heavy atom. The van der Waals surface area contributed by atoms with Crippen molar-refractivity contribution in [2.45, 2.75) is 13.1 Å². The monoisotopic (exact) mass is 139 g/mol. The molecule has 3 heteroatoms. The Bertz CT molecular complexity index is 181. The van der Waals surface area contributed by atoms with Gasteiger partial charge in [0, 0.05) is 12.2 Å². The molecule has 56 valence electrons. The lowest BCUT2D eigenvalue weighted by molar-refractivity contribution is 0.679. The van der Waals surface area contributed by atoms with Gasteiger partial charge in [-0.2, -0.15) is 0 Å². The van der Waals surface area contributed by atoms with Gasteiger partial charge in [0.05, 0.1) is 6.17 Å². The van der Waals surface area contributed by atoms with Crippen molar-refractivity contribution in [1.82, 2.24) is 5.32 Å². The minimum Gasteiger partial charge on any atom is -0.370 e. The second kappa shape index (κ2) is 2.86.